The molecule has 0 aliphatic carbocycles. The minimum atomic E-state index is -0.193. The van der Waals surface area contributed by atoms with Gasteiger partial charge in [-0.05, 0) is 51.0 Å². The third-order valence-electron chi connectivity index (χ3n) is 5.46. The van der Waals surface area contributed by atoms with E-state index in [0.29, 0.717) is 25.3 Å². The molecule has 1 aromatic carbocycles. The largest absolute Gasteiger partial charge is 0.497 e. The van der Waals surface area contributed by atoms with E-state index >= 15 is 0 Å². The number of nitrogens with zero attached hydrogens (tertiary/aromatic N) is 2. The van der Waals surface area contributed by atoms with Gasteiger partial charge in [0, 0.05) is 31.3 Å². The molecule has 2 aliphatic heterocycles. The molecule has 0 unspecified atom stereocenters. The zero-order chi connectivity index (χ0) is 19.8. The number of likely N-dealkylation sites (tertiary alicyclic amines) is 1. The summed E-state index contributed by atoms with van der Waals surface area (Å²) in [5.41, 5.74) is 0.798. The highest BCUT2D eigenvalue weighted by atomic mass is 16.5. The van der Waals surface area contributed by atoms with Gasteiger partial charge in [-0.1, -0.05) is 18.9 Å². The molecule has 154 valence electrons. The summed E-state index contributed by atoms with van der Waals surface area (Å²) >= 11 is 0. The summed E-state index contributed by atoms with van der Waals surface area (Å²) < 4.78 is 5.23. The molecule has 0 saturated carbocycles. The highest BCUT2D eigenvalue weighted by Crippen LogP contribution is 2.25. The summed E-state index contributed by atoms with van der Waals surface area (Å²) in [4.78, 5) is 28.7. The summed E-state index contributed by atoms with van der Waals surface area (Å²) in [7, 11) is 1.60. The third kappa shape index (κ3) is 5.86. The van der Waals surface area contributed by atoms with E-state index in [1.54, 1.807) is 12.0 Å². The minimum absolute atomic E-state index is 0.0136. The molecular formula is C21H32N4O3. The molecular weight excluding hydrogens is 356 g/mol. The van der Waals surface area contributed by atoms with Crippen LogP contribution in [-0.2, 0) is 4.79 Å². The number of amides is 3. The lowest BCUT2D eigenvalue weighted by molar-refractivity contribution is -0.117. The fourth-order valence-electron chi connectivity index (χ4n) is 3.93. The van der Waals surface area contributed by atoms with Crippen molar-refractivity contribution in [3.05, 3.63) is 24.3 Å². The molecule has 7 heteroatoms. The summed E-state index contributed by atoms with van der Waals surface area (Å²) in [6, 6.07) is 7.05. The lowest BCUT2D eigenvalue weighted by Gasteiger charge is -2.20. The second-order valence-corrected chi connectivity index (χ2v) is 7.62. The van der Waals surface area contributed by atoms with Gasteiger partial charge in [0.1, 0.15) is 5.75 Å². The zero-order valence-electron chi connectivity index (χ0n) is 16.8. The molecule has 0 spiro atoms. The van der Waals surface area contributed by atoms with E-state index in [0.717, 1.165) is 18.7 Å². The van der Waals surface area contributed by atoms with Crippen LogP contribution in [0.1, 0.15) is 38.5 Å². The smallest absolute Gasteiger partial charge is 0.315 e. The van der Waals surface area contributed by atoms with Gasteiger partial charge in [-0.3, -0.25) is 4.79 Å². The van der Waals surface area contributed by atoms with Crippen LogP contribution in [0, 0.1) is 0 Å². The van der Waals surface area contributed by atoms with Crippen LogP contribution < -0.4 is 20.3 Å². The third-order valence-corrected chi connectivity index (χ3v) is 5.46. The lowest BCUT2D eigenvalue weighted by atomic mass is 10.2. The van der Waals surface area contributed by atoms with Crippen LogP contribution in [0.5, 0.6) is 5.75 Å². The SMILES string of the molecule is COc1cccc(N2C[C@H](NC(=O)NCCCN3CCCCCC3)CC2=O)c1. The molecule has 28 heavy (non-hydrogen) atoms. The number of ether oxygens (including phenoxy) is 1. The zero-order valence-corrected chi connectivity index (χ0v) is 16.8. The van der Waals surface area contributed by atoms with E-state index in [1.807, 2.05) is 24.3 Å². The molecule has 1 aromatic rings. The van der Waals surface area contributed by atoms with Gasteiger partial charge in [0.05, 0.1) is 13.2 Å². The number of nitrogens with one attached hydrogen (secondary N) is 2. The van der Waals surface area contributed by atoms with E-state index in [1.165, 1.54) is 38.8 Å². The molecule has 0 bridgehead atoms. The van der Waals surface area contributed by atoms with Gasteiger partial charge in [0.25, 0.3) is 0 Å². The van der Waals surface area contributed by atoms with Crippen molar-refractivity contribution >= 4 is 17.6 Å². The van der Waals surface area contributed by atoms with Gasteiger partial charge in [0.2, 0.25) is 5.91 Å². The monoisotopic (exact) mass is 388 g/mol. The molecule has 1 atom stereocenters. The average molecular weight is 389 g/mol. The maximum Gasteiger partial charge on any atom is 0.315 e. The number of rotatable bonds is 7. The number of hydrogen-bond acceptors (Lipinski definition) is 4. The quantitative estimate of drug-likeness (QED) is 0.704. The minimum Gasteiger partial charge on any atom is -0.497 e. The molecule has 2 heterocycles. The number of hydrogen-bond donors (Lipinski definition) is 2. The lowest BCUT2D eigenvalue weighted by Crippen LogP contribution is -2.44. The molecule has 3 rings (SSSR count). The Morgan fingerprint density at radius 2 is 2.00 bits per heavy atom. The number of urea groups is 1. The Kier molecular flexibility index (Phi) is 7.54. The Hall–Kier alpha value is -2.28. The van der Waals surface area contributed by atoms with Crippen LogP contribution in [0.3, 0.4) is 0 Å². The van der Waals surface area contributed by atoms with Crippen LogP contribution in [0.25, 0.3) is 0 Å². The molecule has 3 amide bonds. The molecule has 2 aliphatic rings. The van der Waals surface area contributed by atoms with E-state index in [9.17, 15) is 9.59 Å². The normalized spacial score (nSPS) is 20.7. The molecule has 0 radical (unpaired) electrons. The highest BCUT2D eigenvalue weighted by Gasteiger charge is 2.31. The fraction of sp³-hybridized carbons (Fsp3) is 0.619. The van der Waals surface area contributed by atoms with Gasteiger partial charge >= 0.3 is 6.03 Å². The van der Waals surface area contributed by atoms with E-state index in [2.05, 4.69) is 15.5 Å². The van der Waals surface area contributed by atoms with Gasteiger partial charge < -0.3 is 25.2 Å². The van der Waals surface area contributed by atoms with Gasteiger partial charge in [-0.2, -0.15) is 0 Å². The highest BCUT2D eigenvalue weighted by molar-refractivity contribution is 5.97. The first kappa shape index (κ1) is 20.5. The van der Waals surface area contributed by atoms with Crippen LogP contribution in [0.15, 0.2) is 24.3 Å². The van der Waals surface area contributed by atoms with Crippen LogP contribution >= 0.6 is 0 Å². The molecule has 2 fully saturated rings. The van der Waals surface area contributed by atoms with Crippen LogP contribution in [0.4, 0.5) is 10.5 Å². The standard InChI is InChI=1S/C21H32N4O3/c1-28-19-9-6-8-18(15-19)25-16-17(14-20(25)26)23-21(27)22-10-7-13-24-11-4-2-3-5-12-24/h6,8-9,15,17H,2-5,7,10-14,16H2,1H3,(H2,22,23,27)/t17-/m1/s1. The van der Waals surface area contributed by atoms with Gasteiger partial charge in [0.15, 0.2) is 0 Å². The van der Waals surface area contributed by atoms with Crippen LogP contribution in [-0.4, -0.2) is 62.7 Å². The molecule has 2 N–H and O–H groups in total. The fourth-order valence-corrected chi connectivity index (χ4v) is 3.93. The van der Waals surface area contributed by atoms with Crippen LogP contribution in [0.2, 0.25) is 0 Å². The summed E-state index contributed by atoms with van der Waals surface area (Å²) in [5, 5.41) is 5.85. The van der Waals surface area contributed by atoms with Crippen molar-refractivity contribution in [1.29, 1.82) is 0 Å². The second kappa shape index (κ2) is 10.3. The van der Waals surface area contributed by atoms with Crippen molar-refractivity contribution in [2.45, 2.75) is 44.6 Å². The molecule has 2 saturated heterocycles. The maximum absolute atomic E-state index is 12.3. The van der Waals surface area contributed by atoms with Crippen molar-refractivity contribution < 1.29 is 14.3 Å². The number of carbonyl (C=O) groups is 2. The Morgan fingerprint density at radius 1 is 1.21 bits per heavy atom. The number of benzene rings is 1. The number of carbonyl (C=O) groups excluding carboxylic acids is 2. The average Bonchev–Trinajstić information content (AvgIpc) is 2.90. The Balaban J connectivity index is 1.38. The van der Waals surface area contributed by atoms with E-state index < -0.39 is 0 Å². The second-order valence-electron chi connectivity index (χ2n) is 7.62. The topological polar surface area (TPSA) is 73.9 Å². The maximum atomic E-state index is 12.3. The first-order valence-electron chi connectivity index (χ1n) is 10.4. The van der Waals surface area contributed by atoms with Crippen molar-refractivity contribution in [3.8, 4) is 5.75 Å². The molecule has 0 aromatic heterocycles. The Morgan fingerprint density at radius 3 is 2.75 bits per heavy atom. The van der Waals surface area contributed by atoms with E-state index in [4.69, 9.17) is 4.74 Å². The first-order valence-corrected chi connectivity index (χ1v) is 10.4. The summed E-state index contributed by atoms with van der Waals surface area (Å²) in [6.45, 7) is 4.52. The summed E-state index contributed by atoms with van der Waals surface area (Å²) in [6.07, 6.45) is 6.51. The van der Waals surface area contributed by atoms with Crippen molar-refractivity contribution in [2.24, 2.45) is 0 Å². The first-order chi connectivity index (χ1) is 13.7. The molecule has 7 nitrogen and oxygen atoms in total. The van der Waals surface area contributed by atoms with Gasteiger partial charge in [-0.15, -0.1) is 0 Å². The summed E-state index contributed by atoms with van der Waals surface area (Å²) in [5.74, 6) is 0.726. The number of anilines is 1. The predicted molar refractivity (Wildman–Crippen MR) is 110 cm³/mol. The Labute approximate surface area is 167 Å². The van der Waals surface area contributed by atoms with Crippen molar-refractivity contribution in [1.82, 2.24) is 15.5 Å². The predicted octanol–water partition coefficient (Wildman–Crippen LogP) is 2.37. The number of methoxy groups -OCH3 is 1. The van der Waals surface area contributed by atoms with Gasteiger partial charge in [-0.25, -0.2) is 4.79 Å². The van der Waals surface area contributed by atoms with E-state index in [-0.39, 0.29) is 18.0 Å². The van der Waals surface area contributed by atoms with Crippen molar-refractivity contribution in [2.75, 3.05) is 44.7 Å². The Bertz CT molecular complexity index is 659. The van der Waals surface area contributed by atoms with Crippen molar-refractivity contribution in [3.63, 3.8) is 0 Å².